The van der Waals surface area contributed by atoms with Crippen molar-refractivity contribution in [3.05, 3.63) is 60.4 Å². The van der Waals surface area contributed by atoms with Crippen LogP contribution in [0, 0.1) is 5.82 Å². The van der Waals surface area contributed by atoms with Crippen molar-refractivity contribution in [1.29, 1.82) is 0 Å². The minimum absolute atomic E-state index is 0.178. The van der Waals surface area contributed by atoms with Crippen molar-refractivity contribution in [1.82, 2.24) is 10.7 Å². The SMILES string of the molecule is O=C(COc1ccccc1)NCC(=O)NNc1ccc(F)cc1. The molecule has 0 aromatic heterocycles. The summed E-state index contributed by atoms with van der Waals surface area (Å²) in [6, 6.07) is 14.4. The van der Waals surface area contributed by atoms with Crippen LogP contribution in [-0.4, -0.2) is 25.0 Å². The highest BCUT2D eigenvalue weighted by Gasteiger charge is 2.06. The van der Waals surface area contributed by atoms with Crippen LogP contribution in [0.25, 0.3) is 0 Å². The zero-order chi connectivity index (χ0) is 16.5. The van der Waals surface area contributed by atoms with E-state index in [2.05, 4.69) is 16.2 Å². The highest BCUT2D eigenvalue weighted by molar-refractivity contribution is 5.85. The Morgan fingerprint density at radius 1 is 0.957 bits per heavy atom. The van der Waals surface area contributed by atoms with Gasteiger partial charge in [0.05, 0.1) is 12.2 Å². The molecule has 23 heavy (non-hydrogen) atoms. The highest BCUT2D eigenvalue weighted by atomic mass is 19.1. The first-order valence-corrected chi connectivity index (χ1v) is 6.88. The van der Waals surface area contributed by atoms with Crippen molar-refractivity contribution in [2.24, 2.45) is 0 Å². The number of hydrogen-bond donors (Lipinski definition) is 3. The monoisotopic (exact) mass is 317 g/mol. The van der Waals surface area contributed by atoms with E-state index in [0.717, 1.165) is 0 Å². The number of hydrazine groups is 1. The van der Waals surface area contributed by atoms with Crippen molar-refractivity contribution < 1.29 is 18.7 Å². The van der Waals surface area contributed by atoms with E-state index in [1.807, 2.05) is 6.07 Å². The molecule has 0 spiro atoms. The van der Waals surface area contributed by atoms with Gasteiger partial charge in [-0.15, -0.1) is 0 Å². The summed E-state index contributed by atoms with van der Waals surface area (Å²) in [5.41, 5.74) is 5.51. The number of nitrogens with one attached hydrogen (secondary N) is 3. The molecular formula is C16H16FN3O3. The lowest BCUT2D eigenvalue weighted by atomic mass is 10.3. The van der Waals surface area contributed by atoms with Crippen molar-refractivity contribution in [2.45, 2.75) is 0 Å². The van der Waals surface area contributed by atoms with Gasteiger partial charge < -0.3 is 10.1 Å². The molecule has 0 saturated heterocycles. The van der Waals surface area contributed by atoms with E-state index in [0.29, 0.717) is 11.4 Å². The van der Waals surface area contributed by atoms with Crippen LogP contribution in [0.4, 0.5) is 10.1 Å². The number of para-hydroxylation sites is 1. The summed E-state index contributed by atoms with van der Waals surface area (Å²) in [7, 11) is 0. The predicted molar refractivity (Wildman–Crippen MR) is 83.1 cm³/mol. The number of anilines is 1. The smallest absolute Gasteiger partial charge is 0.258 e. The molecule has 0 heterocycles. The Labute approximate surface area is 132 Å². The second kappa shape index (κ2) is 8.38. The van der Waals surface area contributed by atoms with Crippen molar-refractivity contribution in [2.75, 3.05) is 18.6 Å². The number of carbonyl (C=O) groups excluding carboxylic acids is 2. The van der Waals surface area contributed by atoms with Gasteiger partial charge in [-0.3, -0.25) is 20.4 Å². The van der Waals surface area contributed by atoms with Crippen LogP contribution in [0.1, 0.15) is 0 Å². The van der Waals surface area contributed by atoms with Crippen LogP contribution in [0.3, 0.4) is 0 Å². The second-order valence-corrected chi connectivity index (χ2v) is 4.56. The zero-order valence-corrected chi connectivity index (χ0v) is 12.2. The fourth-order valence-corrected chi connectivity index (χ4v) is 1.61. The molecule has 0 saturated carbocycles. The fourth-order valence-electron chi connectivity index (χ4n) is 1.61. The van der Waals surface area contributed by atoms with Crippen LogP contribution in [0.2, 0.25) is 0 Å². The summed E-state index contributed by atoms with van der Waals surface area (Å²) < 4.78 is 18.0. The van der Waals surface area contributed by atoms with Gasteiger partial charge in [-0.25, -0.2) is 4.39 Å². The molecule has 0 aliphatic rings. The van der Waals surface area contributed by atoms with E-state index in [1.54, 1.807) is 24.3 Å². The Morgan fingerprint density at radius 3 is 2.35 bits per heavy atom. The number of carbonyl (C=O) groups is 2. The Morgan fingerprint density at radius 2 is 1.65 bits per heavy atom. The minimum Gasteiger partial charge on any atom is -0.484 e. The minimum atomic E-state index is -0.442. The van der Waals surface area contributed by atoms with Crippen LogP contribution in [0.5, 0.6) is 5.75 Å². The molecule has 7 heteroatoms. The highest BCUT2D eigenvalue weighted by Crippen LogP contribution is 2.07. The molecule has 3 N–H and O–H groups in total. The number of benzene rings is 2. The lowest BCUT2D eigenvalue weighted by Crippen LogP contribution is -2.40. The van der Waals surface area contributed by atoms with Crippen molar-refractivity contribution in [3.8, 4) is 5.75 Å². The Balaban J connectivity index is 1.63. The molecule has 2 amide bonds. The Kier molecular flexibility index (Phi) is 5.93. The molecule has 0 bridgehead atoms. The van der Waals surface area contributed by atoms with Crippen LogP contribution in [0.15, 0.2) is 54.6 Å². The normalized spacial score (nSPS) is 9.78. The molecule has 120 valence electrons. The first kappa shape index (κ1) is 16.3. The molecule has 0 radical (unpaired) electrons. The van der Waals surface area contributed by atoms with E-state index < -0.39 is 11.8 Å². The van der Waals surface area contributed by atoms with Gasteiger partial charge in [-0.1, -0.05) is 18.2 Å². The third kappa shape index (κ3) is 6.04. The largest absolute Gasteiger partial charge is 0.484 e. The van der Waals surface area contributed by atoms with Crippen LogP contribution >= 0.6 is 0 Å². The molecule has 0 unspecified atom stereocenters. The Hall–Kier alpha value is -3.09. The van der Waals surface area contributed by atoms with Gasteiger partial charge in [0.2, 0.25) is 0 Å². The predicted octanol–water partition coefficient (Wildman–Crippen LogP) is 1.46. The van der Waals surface area contributed by atoms with Gasteiger partial charge in [0, 0.05) is 0 Å². The van der Waals surface area contributed by atoms with E-state index in [4.69, 9.17) is 4.74 Å². The summed E-state index contributed by atoms with van der Waals surface area (Å²) >= 11 is 0. The van der Waals surface area contributed by atoms with Gasteiger partial charge in [-0.05, 0) is 36.4 Å². The van der Waals surface area contributed by atoms with Crippen molar-refractivity contribution >= 4 is 17.5 Å². The fraction of sp³-hybridized carbons (Fsp3) is 0.125. The number of halogens is 1. The maximum Gasteiger partial charge on any atom is 0.258 e. The van der Waals surface area contributed by atoms with Gasteiger partial charge >= 0.3 is 0 Å². The molecule has 2 rings (SSSR count). The number of ether oxygens (including phenoxy) is 1. The maximum atomic E-state index is 12.7. The number of amides is 2. The average Bonchev–Trinajstić information content (AvgIpc) is 2.58. The lowest BCUT2D eigenvalue weighted by Gasteiger charge is -2.10. The third-order valence-electron chi connectivity index (χ3n) is 2.75. The molecule has 6 nitrogen and oxygen atoms in total. The van der Waals surface area contributed by atoms with Gasteiger partial charge in [0.25, 0.3) is 11.8 Å². The van der Waals surface area contributed by atoms with Gasteiger partial charge in [0.15, 0.2) is 6.61 Å². The molecule has 2 aromatic carbocycles. The molecule has 0 fully saturated rings. The molecule has 0 aliphatic carbocycles. The molecule has 2 aromatic rings. The van der Waals surface area contributed by atoms with E-state index in [9.17, 15) is 14.0 Å². The summed E-state index contributed by atoms with van der Waals surface area (Å²) in [6.07, 6.45) is 0. The van der Waals surface area contributed by atoms with Gasteiger partial charge in [-0.2, -0.15) is 0 Å². The van der Waals surface area contributed by atoms with E-state index >= 15 is 0 Å². The number of rotatable bonds is 7. The summed E-state index contributed by atoms with van der Waals surface area (Å²) in [6.45, 7) is -0.381. The lowest BCUT2D eigenvalue weighted by molar-refractivity contribution is -0.127. The van der Waals surface area contributed by atoms with Crippen LogP contribution < -0.4 is 20.9 Å². The van der Waals surface area contributed by atoms with Gasteiger partial charge in [0.1, 0.15) is 11.6 Å². The quantitative estimate of drug-likeness (QED) is 0.676. The molecular weight excluding hydrogens is 301 g/mol. The van der Waals surface area contributed by atoms with Crippen molar-refractivity contribution in [3.63, 3.8) is 0 Å². The van der Waals surface area contributed by atoms with E-state index in [-0.39, 0.29) is 19.0 Å². The topological polar surface area (TPSA) is 79.5 Å². The third-order valence-corrected chi connectivity index (χ3v) is 2.75. The summed E-state index contributed by atoms with van der Waals surface area (Å²) in [4.78, 5) is 23.1. The maximum absolute atomic E-state index is 12.7. The molecule has 0 aliphatic heterocycles. The average molecular weight is 317 g/mol. The Bertz CT molecular complexity index is 647. The number of hydrogen-bond acceptors (Lipinski definition) is 4. The van der Waals surface area contributed by atoms with E-state index in [1.165, 1.54) is 24.3 Å². The standard InChI is InChI=1S/C16H16FN3O3/c17-12-6-8-13(9-7-12)19-20-15(21)10-18-16(22)11-23-14-4-2-1-3-5-14/h1-9,19H,10-11H2,(H,18,22)(H,20,21). The summed E-state index contributed by atoms with van der Waals surface area (Å²) in [5.74, 6) is -0.647. The molecule has 0 atom stereocenters. The first-order chi connectivity index (χ1) is 11.1. The first-order valence-electron chi connectivity index (χ1n) is 6.88. The summed E-state index contributed by atoms with van der Waals surface area (Å²) in [5, 5.41) is 2.42. The second-order valence-electron chi connectivity index (χ2n) is 4.56. The zero-order valence-electron chi connectivity index (χ0n) is 12.2. The van der Waals surface area contributed by atoms with Crippen LogP contribution in [-0.2, 0) is 9.59 Å².